The summed E-state index contributed by atoms with van der Waals surface area (Å²) in [6.45, 7) is 9.87. The Hall–Kier alpha value is -1.40. The van der Waals surface area contributed by atoms with Crippen molar-refractivity contribution in [2.45, 2.75) is 52.2 Å². The maximum absolute atomic E-state index is 11.1. The summed E-state index contributed by atoms with van der Waals surface area (Å²) in [6, 6.07) is 1.84. The van der Waals surface area contributed by atoms with E-state index >= 15 is 0 Å². The third kappa shape index (κ3) is 2.71. The Kier molecular flexibility index (Phi) is 3.65. The summed E-state index contributed by atoms with van der Waals surface area (Å²) in [5, 5.41) is 0. The molecule has 1 aliphatic rings. The Morgan fingerprint density at radius 3 is 2.35 bits per heavy atom. The second-order valence-corrected chi connectivity index (χ2v) is 6.27. The number of pyridine rings is 1. The Labute approximate surface area is 120 Å². The molecule has 0 unspecified atom stereocenters. The standard InChI is InChI=1S/C14H21BN2O3/c1-9-8-17-11(6-10(9)7-12(16)18)15-19-13(2,3)14(4,5)20-15/h6,8H,7H2,1-5H3,(H2,16,18). The molecule has 5 nitrogen and oxygen atoms in total. The lowest BCUT2D eigenvalue weighted by Gasteiger charge is -2.32. The van der Waals surface area contributed by atoms with Gasteiger partial charge in [0.05, 0.1) is 23.2 Å². The first-order chi connectivity index (χ1) is 9.12. The lowest BCUT2D eigenvalue weighted by Crippen LogP contribution is -2.41. The second kappa shape index (κ2) is 4.86. The van der Waals surface area contributed by atoms with Crippen molar-refractivity contribution in [1.29, 1.82) is 0 Å². The molecule has 0 saturated carbocycles. The highest BCUT2D eigenvalue weighted by Gasteiger charge is 2.52. The van der Waals surface area contributed by atoms with Crippen molar-refractivity contribution < 1.29 is 14.1 Å². The fraction of sp³-hybridized carbons (Fsp3) is 0.571. The fourth-order valence-corrected chi connectivity index (χ4v) is 2.05. The lowest BCUT2D eigenvalue weighted by atomic mass is 9.82. The van der Waals surface area contributed by atoms with Crippen LogP contribution < -0.4 is 11.3 Å². The van der Waals surface area contributed by atoms with Crippen molar-refractivity contribution in [3.63, 3.8) is 0 Å². The van der Waals surface area contributed by atoms with Crippen LogP contribution in [0, 0.1) is 6.92 Å². The van der Waals surface area contributed by atoms with Crippen molar-refractivity contribution in [3.05, 3.63) is 23.4 Å². The van der Waals surface area contributed by atoms with Crippen molar-refractivity contribution in [3.8, 4) is 0 Å². The maximum atomic E-state index is 11.1. The predicted octanol–water partition coefficient (Wildman–Crippen LogP) is 0.717. The number of carbonyl (C=O) groups is 1. The Morgan fingerprint density at radius 1 is 1.30 bits per heavy atom. The third-order valence-electron chi connectivity index (χ3n) is 4.10. The van der Waals surface area contributed by atoms with Crippen LogP contribution in [0.3, 0.4) is 0 Å². The molecule has 0 bridgehead atoms. The minimum Gasteiger partial charge on any atom is -0.398 e. The summed E-state index contributed by atoms with van der Waals surface area (Å²) in [6.07, 6.45) is 1.92. The average Bonchev–Trinajstić information content (AvgIpc) is 2.50. The molecule has 0 radical (unpaired) electrons. The quantitative estimate of drug-likeness (QED) is 0.825. The van der Waals surface area contributed by atoms with E-state index in [1.54, 1.807) is 6.20 Å². The summed E-state index contributed by atoms with van der Waals surface area (Å²) in [5.74, 6) is -0.362. The molecule has 0 spiro atoms. The van der Waals surface area contributed by atoms with Gasteiger partial charge in [0.1, 0.15) is 0 Å². The smallest absolute Gasteiger partial charge is 0.398 e. The Balaban J connectivity index is 2.29. The molecule has 6 heteroatoms. The van der Waals surface area contributed by atoms with Crippen LogP contribution in [0.2, 0.25) is 0 Å². The molecule has 1 fully saturated rings. The zero-order valence-corrected chi connectivity index (χ0v) is 12.7. The van der Waals surface area contributed by atoms with E-state index in [4.69, 9.17) is 15.0 Å². The number of primary amides is 1. The third-order valence-corrected chi connectivity index (χ3v) is 4.10. The van der Waals surface area contributed by atoms with E-state index in [2.05, 4.69) is 4.98 Å². The first-order valence-electron chi connectivity index (χ1n) is 6.72. The van der Waals surface area contributed by atoms with Gasteiger partial charge in [-0.05, 0) is 51.8 Å². The molecule has 0 aliphatic carbocycles. The van der Waals surface area contributed by atoms with Gasteiger partial charge in [-0.25, -0.2) is 0 Å². The zero-order chi connectivity index (χ0) is 15.1. The van der Waals surface area contributed by atoms with E-state index in [0.29, 0.717) is 5.59 Å². The first-order valence-corrected chi connectivity index (χ1v) is 6.72. The van der Waals surface area contributed by atoms with Gasteiger partial charge >= 0.3 is 7.12 Å². The van der Waals surface area contributed by atoms with Crippen LogP contribution in [-0.2, 0) is 20.5 Å². The van der Waals surface area contributed by atoms with Gasteiger partial charge in [0.25, 0.3) is 0 Å². The highest BCUT2D eigenvalue weighted by atomic mass is 16.7. The van der Waals surface area contributed by atoms with Gasteiger partial charge in [-0.15, -0.1) is 0 Å². The topological polar surface area (TPSA) is 74.4 Å². The number of hydrogen-bond acceptors (Lipinski definition) is 4. The van der Waals surface area contributed by atoms with E-state index in [-0.39, 0.29) is 12.3 Å². The number of hydrogen-bond donors (Lipinski definition) is 1. The minimum absolute atomic E-state index is 0.195. The number of aromatic nitrogens is 1. The lowest BCUT2D eigenvalue weighted by molar-refractivity contribution is -0.117. The molecule has 1 saturated heterocycles. The number of aryl methyl sites for hydroxylation is 1. The molecule has 2 N–H and O–H groups in total. The number of nitrogens with zero attached hydrogens (tertiary/aromatic N) is 1. The minimum atomic E-state index is -0.521. The maximum Gasteiger partial charge on any atom is 0.514 e. The summed E-state index contributed by atoms with van der Waals surface area (Å²) in [4.78, 5) is 15.5. The highest BCUT2D eigenvalue weighted by molar-refractivity contribution is 6.61. The van der Waals surface area contributed by atoms with Crippen LogP contribution in [0.15, 0.2) is 12.3 Å². The summed E-state index contributed by atoms with van der Waals surface area (Å²) < 4.78 is 11.9. The molecular formula is C14H21BN2O3. The number of nitrogens with two attached hydrogens (primary N) is 1. The fourth-order valence-electron chi connectivity index (χ4n) is 2.05. The van der Waals surface area contributed by atoms with Crippen molar-refractivity contribution in [1.82, 2.24) is 4.98 Å². The van der Waals surface area contributed by atoms with E-state index in [9.17, 15) is 4.79 Å². The second-order valence-electron chi connectivity index (χ2n) is 6.27. The van der Waals surface area contributed by atoms with E-state index in [1.807, 2.05) is 40.7 Å². The van der Waals surface area contributed by atoms with Crippen LogP contribution >= 0.6 is 0 Å². The number of amides is 1. The molecule has 108 valence electrons. The molecule has 1 aromatic rings. The molecule has 1 amide bonds. The van der Waals surface area contributed by atoms with E-state index in [1.165, 1.54) is 0 Å². The van der Waals surface area contributed by atoms with Crippen LogP contribution in [-0.4, -0.2) is 29.2 Å². The summed E-state index contributed by atoms with van der Waals surface area (Å²) in [5.41, 5.74) is 6.91. The molecular weight excluding hydrogens is 255 g/mol. The molecule has 1 aliphatic heterocycles. The SMILES string of the molecule is Cc1cnc(B2OC(C)(C)C(C)(C)O2)cc1CC(N)=O. The zero-order valence-electron chi connectivity index (χ0n) is 12.7. The highest BCUT2D eigenvalue weighted by Crippen LogP contribution is 2.36. The van der Waals surface area contributed by atoms with Gasteiger partial charge in [0.15, 0.2) is 0 Å². The first kappa shape index (κ1) is 15.0. The number of carbonyl (C=O) groups excluding carboxylic acids is 1. The summed E-state index contributed by atoms with van der Waals surface area (Å²) >= 11 is 0. The summed E-state index contributed by atoms with van der Waals surface area (Å²) in [7, 11) is -0.521. The van der Waals surface area contributed by atoms with Gasteiger partial charge in [-0.2, -0.15) is 0 Å². The van der Waals surface area contributed by atoms with Gasteiger partial charge in [-0.1, -0.05) is 0 Å². The largest absolute Gasteiger partial charge is 0.514 e. The molecule has 20 heavy (non-hydrogen) atoms. The molecule has 2 rings (SSSR count). The van der Waals surface area contributed by atoms with Crippen LogP contribution in [0.25, 0.3) is 0 Å². The van der Waals surface area contributed by atoms with Crippen LogP contribution in [0.5, 0.6) is 0 Å². The van der Waals surface area contributed by atoms with Gasteiger partial charge in [0, 0.05) is 6.20 Å². The van der Waals surface area contributed by atoms with Crippen LogP contribution in [0.4, 0.5) is 0 Å². The van der Waals surface area contributed by atoms with E-state index in [0.717, 1.165) is 11.1 Å². The van der Waals surface area contributed by atoms with Gasteiger partial charge in [-0.3, -0.25) is 9.78 Å². The van der Waals surface area contributed by atoms with E-state index < -0.39 is 18.3 Å². The Morgan fingerprint density at radius 2 is 1.85 bits per heavy atom. The van der Waals surface area contributed by atoms with Crippen LogP contribution in [0.1, 0.15) is 38.8 Å². The Bertz CT molecular complexity index is 527. The normalized spacial score (nSPS) is 20.1. The molecule has 1 aromatic heterocycles. The van der Waals surface area contributed by atoms with Crippen molar-refractivity contribution in [2.75, 3.05) is 0 Å². The monoisotopic (exact) mass is 276 g/mol. The molecule has 2 heterocycles. The average molecular weight is 276 g/mol. The number of rotatable bonds is 3. The molecule has 0 atom stereocenters. The van der Waals surface area contributed by atoms with Crippen molar-refractivity contribution >= 4 is 18.6 Å². The van der Waals surface area contributed by atoms with Crippen molar-refractivity contribution in [2.24, 2.45) is 5.73 Å². The molecule has 0 aromatic carbocycles. The van der Waals surface area contributed by atoms with Gasteiger partial charge in [0.2, 0.25) is 5.91 Å². The predicted molar refractivity (Wildman–Crippen MR) is 77.6 cm³/mol. The van der Waals surface area contributed by atoms with Gasteiger partial charge < -0.3 is 15.0 Å².